The number of methoxy groups -OCH3 is 2. The molecule has 2 fully saturated rings. The lowest BCUT2D eigenvalue weighted by Crippen LogP contribution is -2.54. The smallest absolute Gasteiger partial charge is 0.332 e. The van der Waals surface area contributed by atoms with Crippen molar-refractivity contribution in [1.82, 2.24) is 20.2 Å². The summed E-state index contributed by atoms with van der Waals surface area (Å²) in [4.78, 5) is 51.8. The maximum atomic E-state index is 14.0. The van der Waals surface area contributed by atoms with Gasteiger partial charge in [0.2, 0.25) is 5.91 Å². The van der Waals surface area contributed by atoms with Gasteiger partial charge in [0.1, 0.15) is 46.0 Å². The molecule has 48 heavy (non-hydrogen) atoms. The number of hydrogen-bond acceptors (Lipinski definition) is 10. The highest BCUT2D eigenvalue weighted by Crippen LogP contribution is 2.46. The van der Waals surface area contributed by atoms with Crippen molar-refractivity contribution in [3.05, 3.63) is 47.0 Å². The molecule has 2 N–H and O–H groups in total. The van der Waals surface area contributed by atoms with Crippen molar-refractivity contribution in [2.45, 2.75) is 95.4 Å². The molecule has 256 valence electrons. The van der Waals surface area contributed by atoms with Gasteiger partial charge in [0.15, 0.2) is 0 Å². The summed E-state index contributed by atoms with van der Waals surface area (Å²) in [5.41, 5.74) is 2.00. The largest absolute Gasteiger partial charge is 0.496 e. The molecular formula is C36H44N4O7S. The molecule has 1 saturated carbocycles. The number of allylic oxidation sites excluding steroid dienone is 1. The molecule has 0 radical (unpaired) electrons. The number of aliphatic hydroxyl groups is 1. The maximum Gasteiger partial charge on any atom is 0.332 e. The first-order valence-electron chi connectivity index (χ1n) is 16.7. The first-order chi connectivity index (χ1) is 23.1. The van der Waals surface area contributed by atoms with Crippen LogP contribution in [-0.4, -0.2) is 82.3 Å². The number of aryl methyl sites for hydroxylation is 1. The van der Waals surface area contributed by atoms with E-state index in [1.165, 1.54) is 23.3 Å². The number of aromatic nitrogens is 2. The molecule has 2 aromatic heterocycles. The molecule has 6 rings (SSSR count). The van der Waals surface area contributed by atoms with E-state index in [9.17, 15) is 19.5 Å². The number of aliphatic hydroxyl groups excluding tert-OH is 1. The minimum atomic E-state index is -1.24. The fourth-order valence-electron chi connectivity index (χ4n) is 6.82. The van der Waals surface area contributed by atoms with Gasteiger partial charge in [-0.25, -0.2) is 14.8 Å². The Bertz CT molecular complexity index is 1740. The zero-order valence-corrected chi connectivity index (χ0v) is 29.0. The minimum Gasteiger partial charge on any atom is -0.496 e. The number of ether oxygens (including phenoxy) is 3. The Hall–Kier alpha value is -4.03. The second-order valence-electron chi connectivity index (χ2n) is 13.4. The summed E-state index contributed by atoms with van der Waals surface area (Å²) in [6, 6.07) is 4.67. The number of esters is 1. The monoisotopic (exact) mass is 676 g/mol. The Labute approximate surface area is 284 Å². The minimum absolute atomic E-state index is 0.0889. The Morgan fingerprint density at radius 1 is 1.15 bits per heavy atom. The van der Waals surface area contributed by atoms with E-state index in [0.717, 1.165) is 40.9 Å². The lowest BCUT2D eigenvalue weighted by molar-refractivity contribution is -0.149. The summed E-state index contributed by atoms with van der Waals surface area (Å²) >= 11 is 1.51. The number of fused-ring (bicyclic) bond motifs is 3. The van der Waals surface area contributed by atoms with Crippen LogP contribution >= 0.6 is 11.3 Å². The van der Waals surface area contributed by atoms with E-state index in [0.29, 0.717) is 42.0 Å². The van der Waals surface area contributed by atoms with Crippen LogP contribution in [0, 0.1) is 12.8 Å². The quantitative estimate of drug-likeness (QED) is 0.270. The number of carbonyl (C=O) groups is 3. The number of nitrogens with one attached hydrogen (secondary N) is 1. The summed E-state index contributed by atoms with van der Waals surface area (Å²) in [6.45, 7) is 6.22. The Morgan fingerprint density at radius 2 is 1.96 bits per heavy atom. The molecular weight excluding hydrogens is 632 g/mol. The van der Waals surface area contributed by atoms with Crippen LogP contribution in [0.25, 0.3) is 21.6 Å². The molecule has 12 heteroatoms. The Kier molecular flexibility index (Phi) is 9.76. The van der Waals surface area contributed by atoms with Gasteiger partial charge in [0, 0.05) is 34.7 Å². The van der Waals surface area contributed by atoms with Gasteiger partial charge in [0.25, 0.3) is 5.91 Å². The lowest BCUT2D eigenvalue weighted by Gasteiger charge is -2.27. The van der Waals surface area contributed by atoms with E-state index in [2.05, 4.69) is 19.2 Å². The third-order valence-corrected chi connectivity index (χ3v) is 10.6. The lowest BCUT2D eigenvalue weighted by atomic mass is 10.1. The van der Waals surface area contributed by atoms with Crippen molar-refractivity contribution in [2.24, 2.45) is 5.92 Å². The molecule has 11 nitrogen and oxygen atoms in total. The number of rotatable bonds is 6. The van der Waals surface area contributed by atoms with Crippen LogP contribution in [0.15, 0.2) is 35.7 Å². The average molecular weight is 677 g/mol. The van der Waals surface area contributed by atoms with Crippen LogP contribution in [0.5, 0.6) is 11.5 Å². The van der Waals surface area contributed by atoms with Crippen LogP contribution < -0.4 is 14.8 Å². The molecule has 2 amide bonds. The first kappa shape index (κ1) is 33.9. The first-order valence-corrected chi connectivity index (χ1v) is 17.6. The van der Waals surface area contributed by atoms with Crippen LogP contribution in [0.2, 0.25) is 0 Å². The van der Waals surface area contributed by atoms with Crippen LogP contribution in [0.3, 0.4) is 0 Å². The van der Waals surface area contributed by atoms with Crippen molar-refractivity contribution in [3.63, 3.8) is 0 Å². The SMILES string of the molecule is COC(=O)[C@@]12C[C@H]1/C=C\CCCCCC(O)C(=O)N1C[C@H](Oc3cc(-c4nc(C(C)C)cs4)nc4c(C)c(OC)ccc34)C[C@H]1C(=O)N2. The molecule has 3 aliphatic rings. The molecule has 1 aliphatic carbocycles. The van der Waals surface area contributed by atoms with Crippen molar-refractivity contribution in [2.75, 3.05) is 20.8 Å². The summed E-state index contributed by atoms with van der Waals surface area (Å²) < 4.78 is 17.4. The van der Waals surface area contributed by atoms with Gasteiger partial charge >= 0.3 is 5.97 Å². The number of pyridine rings is 1. The fraction of sp³-hybridized carbons (Fsp3) is 0.528. The van der Waals surface area contributed by atoms with Crippen LogP contribution in [0.1, 0.15) is 76.0 Å². The number of nitrogens with zero attached hydrogens (tertiary/aromatic N) is 3. The van der Waals surface area contributed by atoms with E-state index < -0.39 is 41.6 Å². The molecule has 0 bridgehead atoms. The summed E-state index contributed by atoms with van der Waals surface area (Å²) in [5, 5.41) is 17.4. The van der Waals surface area contributed by atoms with Crippen molar-refractivity contribution < 1.29 is 33.7 Å². The van der Waals surface area contributed by atoms with E-state index in [-0.39, 0.29) is 24.8 Å². The molecule has 2 aliphatic heterocycles. The second kappa shape index (κ2) is 13.8. The van der Waals surface area contributed by atoms with E-state index in [4.69, 9.17) is 24.2 Å². The molecule has 5 atom stereocenters. The third kappa shape index (κ3) is 6.52. The van der Waals surface area contributed by atoms with E-state index >= 15 is 0 Å². The number of carbonyl (C=O) groups excluding carboxylic acids is 3. The third-order valence-electron chi connectivity index (χ3n) is 9.75. The number of amides is 2. The number of hydrogen-bond donors (Lipinski definition) is 2. The highest BCUT2D eigenvalue weighted by Gasteiger charge is 2.62. The van der Waals surface area contributed by atoms with Crippen molar-refractivity contribution >= 4 is 40.0 Å². The van der Waals surface area contributed by atoms with Gasteiger partial charge in [-0.15, -0.1) is 11.3 Å². The Balaban J connectivity index is 1.34. The molecule has 3 aromatic rings. The van der Waals surface area contributed by atoms with Crippen LogP contribution in [0.4, 0.5) is 0 Å². The van der Waals surface area contributed by atoms with Gasteiger partial charge < -0.3 is 29.5 Å². The zero-order chi connectivity index (χ0) is 34.2. The second-order valence-corrected chi connectivity index (χ2v) is 14.2. The average Bonchev–Trinajstić information content (AvgIpc) is 3.38. The number of thiazole rings is 1. The standard InChI is InChI=1S/C36H44N4O7S/c1-20(2)26-19-48-33(38-26)25-16-30(24-13-14-29(45-4)21(3)31(24)37-25)47-23-15-27-32(42)39-36(35(44)46-5)17-22(36)11-9-7-6-8-10-12-28(41)34(43)40(27)18-23/h9,11,13-14,16,19-20,22-23,27-28,41H,6-8,10,12,15,17-18H2,1-5H3,(H,39,42)/b11-9-/t22-,23-,27+,28?,36-/m1/s1. The van der Waals surface area contributed by atoms with Gasteiger partial charge in [-0.1, -0.05) is 38.8 Å². The van der Waals surface area contributed by atoms with Crippen molar-refractivity contribution in [1.29, 1.82) is 0 Å². The number of benzene rings is 1. The normalized spacial score (nSPS) is 27.0. The molecule has 1 aromatic carbocycles. The van der Waals surface area contributed by atoms with Gasteiger partial charge in [-0.05, 0) is 50.7 Å². The van der Waals surface area contributed by atoms with E-state index in [1.54, 1.807) is 7.11 Å². The zero-order valence-electron chi connectivity index (χ0n) is 28.2. The maximum absolute atomic E-state index is 14.0. The van der Waals surface area contributed by atoms with Crippen molar-refractivity contribution in [3.8, 4) is 22.2 Å². The fourth-order valence-corrected chi connectivity index (χ4v) is 7.76. The van der Waals surface area contributed by atoms with Gasteiger partial charge in [0.05, 0.1) is 32.0 Å². The molecule has 0 spiro atoms. The summed E-state index contributed by atoms with van der Waals surface area (Å²) in [5.74, 6) is -0.190. The van der Waals surface area contributed by atoms with Gasteiger partial charge in [-0.3, -0.25) is 9.59 Å². The highest BCUT2D eigenvalue weighted by molar-refractivity contribution is 7.13. The molecule has 4 heterocycles. The topological polar surface area (TPSA) is 140 Å². The van der Waals surface area contributed by atoms with Crippen LogP contribution in [-0.2, 0) is 19.1 Å². The summed E-state index contributed by atoms with van der Waals surface area (Å²) in [7, 11) is 2.93. The summed E-state index contributed by atoms with van der Waals surface area (Å²) in [6.07, 6.45) is 6.35. The predicted octanol–water partition coefficient (Wildman–Crippen LogP) is 5.08. The van der Waals surface area contributed by atoms with E-state index in [1.807, 2.05) is 42.7 Å². The van der Waals surface area contributed by atoms with Gasteiger partial charge in [-0.2, -0.15) is 0 Å². The molecule has 1 saturated heterocycles. The predicted molar refractivity (Wildman–Crippen MR) is 182 cm³/mol. The highest BCUT2D eigenvalue weighted by atomic mass is 32.1. The Morgan fingerprint density at radius 3 is 2.69 bits per heavy atom. The molecule has 1 unspecified atom stereocenters.